The van der Waals surface area contributed by atoms with Gasteiger partial charge in [0.25, 0.3) is 0 Å². The molecule has 0 unspecified atom stereocenters. The molecule has 3 rings (SSSR count). The fraction of sp³-hybridized carbons (Fsp3) is 0.588. The molecule has 1 fully saturated rings. The van der Waals surface area contributed by atoms with Gasteiger partial charge in [-0.15, -0.1) is 0 Å². The van der Waals surface area contributed by atoms with E-state index in [1.165, 1.54) is 11.3 Å². The summed E-state index contributed by atoms with van der Waals surface area (Å²) in [7, 11) is -3.48. The third-order valence-electron chi connectivity index (χ3n) is 4.91. The molecule has 0 aliphatic carbocycles. The molecule has 0 spiro atoms. The monoisotopic (exact) mass is 366 g/mol. The Hall–Kier alpha value is -1.80. The lowest BCUT2D eigenvalue weighted by Gasteiger charge is -2.31. The van der Waals surface area contributed by atoms with E-state index in [4.69, 9.17) is 5.14 Å². The molecule has 0 aromatic heterocycles. The predicted molar refractivity (Wildman–Crippen MR) is 98.0 cm³/mol. The summed E-state index contributed by atoms with van der Waals surface area (Å²) in [6.45, 7) is 3.39. The van der Waals surface area contributed by atoms with Crippen LogP contribution in [-0.2, 0) is 16.4 Å². The molecular weight excluding hydrogens is 340 g/mol. The molecular formula is C17H26N4O3S. The molecule has 2 amide bonds. The molecule has 0 radical (unpaired) electrons. The van der Waals surface area contributed by atoms with E-state index >= 15 is 0 Å². The smallest absolute Gasteiger partial charge is 0.317 e. The number of benzene rings is 1. The van der Waals surface area contributed by atoms with E-state index in [9.17, 15) is 13.2 Å². The maximum atomic E-state index is 12.3. The molecule has 1 aromatic carbocycles. The van der Waals surface area contributed by atoms with E-state index in [0.29, 0.717) is 26.1 Å². The maximum absolute atomic E-state index is 12.3. The Morgan fingerprint density at radius 2 is 2.08 bits per heavy atom. The molecule has 2 aliphatic rings. The lowest BCUT2D eigenvalue weighted by Crippen LogP contribution is -2.43. The highest BCUT2D eigenvalue weighted by Crippen LogP contribution is 2.26. The zero-order valence-electron chi connectivity index (χ0n) is 14.4. The zero-order valence-corrected chi connectivity index (χ0v) is 15.2. The van der Waals surface area contributed by atoms with Crippen molar-refractivity contribution in [3.8, 4) is 0 Å². The summed E-state index contributed by atoms with van der Waals surface area (Å²) in [6, 6.07) is 8.29. The van der Waals surface area contributed by atoms with Crippen molar-refractivity contribution in [2.24, 2.45) is 11.1 Å². The van der Waals surface area contributed by atoms with Crippen LogP contribution >= 0.6 is 0 Å². The minimum Gasteiger partial charge on any atom is -0.370 e. The van der Waals surface area contributed by atoms with E-state index in [2.05, 4.69) is 28.4 Å². The molecule has 1 saturated heterocycles. The van der Waals surface area contributed by atoms with Crippen LogP contribution in [0.15, 0.2) is 24.3 Å². The number of carbonyl (C=O) groups is 1. The fourth-order valence-corrected chi connectivity index (χ4v) is 4.66. The molecule has 3 N–H and O–H groups in total. The van der Waals surface area contributed by atoms with Crippen LogP contribution in [0.2, 0.25) is 0 Å². The van der Waals surface area contributed by atoms with Gasteiger partial charge in [-0.05, 0) is 36.8 Å². The third-order valence-corrected chi connectivity index (χ3v) is 5.84. The topological polar surface area (TPSA) is 95.7 Å². The minimum absolute atomic E-state index is 0.0542. The lowest BCUT2D eigenvalue weighted by atomic mass is 10.0. The number of sulfonamides is 1. The number of aryl methyl sites for hydroxylation is 1. The van der Waals surface area contributed by atoms with Crippen molar-refractivity contribution in [2.45, 2.75) is 19.3 Å². The molecule has 1 aromatic rings. The van der Waals surface area contributed by atoms with Gasteiger partial charge in [-0.25, -0.2) is 18.4 Å². The first-order chi connectivity index (χ1) is 11.9. The Morgan fingerprint density at radius 1 is 1.28 bits per heavy atom. The largest absolute Gasteiger partial charge is 0.370 e. The highest BCUT2D eigenvalue weighted by Gasteiger charge is 2.28. The van der Waals surface area contributed by atoms with Gasteiger partial charge in [0.1, 0.15) is 0 Å². The van der Waals surface area contributed by atoms with Gasteiger partial charge in [0.05, 0.1) is 5.75 Å². The number of likely N-dealkylation sites (tertiary alicyclic amines) is 1. The highest BCUT2D eigenvalue weighted by molar-refractivity contribution is 7.89. The first-order valence-corrected chi connectivity index (χ1v) is 10.5. The van der Waals surface area contributed by atoms with Crippen molar-refractivity contribution in [1.29, 1.82) is 0 Å². The number of carbonyl (C=O) groups excluding carboxylic acids is 1. The zero-order chi connectivity index (χ0) is 17.9. The van der Waals surface area contributed by atoms with Crippen LogP contribution in [0.5, 0.6) is 0 Å². The Labute approximate surface area is 149 Å². The maximum Gasteiger partial charge on any atom is 0.317 e. The summed E-state index contributed by atoms with van der Waals surface area (Å²) in [5, 5.41) is 8.04. The number of hydrogen-bond donors (Lipinski definition) is 2. The predicted octanol–water partition coefficient (Wildman–Crippen LogP) is 0.759. The summed E-state index contributed by atoms with van der Waals surface area (Å²) >= 11 is 0. The number of fused-ring (bicyclic) bond motifs is 1. The van der Waals surface area contributed by atoms with Crippen molar-refractivity contribution in [1.82, 2.24) is 10.2 Å². The second kappa shape index (κ2) is 7.61. The van der Waals surface area contributed by atoms with E-state index in [1.54, 1.807) is 4.90 Å². The Kier molecular flexibility index (Phi) is 5.48. The van der Waals surface area contributed by atoms with Crippen molar-refractivity contribution in [3.63, 3.8) is 0 Å². The Bertz CT molecular complexity index is 722. The molecule has 7 nitrogen and oxygen atoms in total. The summed E-state index contributed by atoms with van der Waals surface area (Å²) in [5.41, 5.74) is 2.63. The molecule has 0 saturated carbocycles. The van der Waals surface area contributed by atoms with Crippen LogP contribution in [0.25, 0.3) is 0 Å². The Balaban J connectivity index is 1.45. The number of anilines is 1. The first kappa shape index (κ1) is 18.0. The first-order valence-electron chi connectivity index (χ1n) is 8.78. The van der Waals surface area contributed by atoms with Crippen LogP contribution in [0.4, 0.5) is 10.5 Å². The Morgan fingerprint density at radius 3 is 2.88 bits per heavy atom. The standard InChI is InChI=1S/C17H26N4O3S/c18-25(23,24)13-14-7-10-21(12-14)17(22)19-8-11-20-9-3-5-15-4-1-2-6-16(15)20/h1-2,4,6,14H,3,5,7-13H2,(H,19,22)(H2,18,23,24)/t14-/m1/s1. The quantitative estimate of drug-likeness (QED) is 0.804. The van der Waals surface area contributed by atoms with Crippen LogP contribution in [0, 0.1) is 5.92 Å². The number of nitrogens with one attached hydrogen (secondary N) is 1. The molecule has 138 valence electrons. The molecule has 2 heterocycles. The van der Waals surface area contributed by atoms with Gasteiger partial charge in [0.2, 0.25) is 10.0 Å². The number of rotatable bonds is 5. The van der Waals surface area contributed by atoms with Gasteiger partial charge < -0.3 is 15.1 Å². The number of hydrogen-bond acceptors (Lipinski definition) is 4. The van der Waals surface area contributed by atoms with Crippen molar-refractivity contribution >= 4 is 21.7 Å². The lowest BCUT2D eigenvalue weighted by molar-refractivity contribution is 0.207. The van der Waals surface area contributed by atoms with Gasteiger partial charge >= 0.3 is 6.03 Å². The second-order valence-corrected chi connectivity index (χ2v) is 8.54. The summed E-state index contributed by atoms with van der Waals surface area (Å²) in [6.07, 6.45) is 2.92. The van der Waals surface area contributed by atoms with Crippen LogP contribution in [0.3, 0.4) is 0 Å². The number of nitrogens with zero attached hydrogens (tertiary/aromatic N) is 2. The number of primary sulfonamides is 1. The number of para-hydroxylation sites is 1. The average Bonchev–Trinajstić information content (AvgIpc) is 3.01. The summed E-state index contributed by atoms with van der Waals surface area (Å²) in [5.74, 6) is -0.115. The number of amides is 2. The van der Waals surface area contributed by atoms with Crippen molar-refractivity contribution < 1.29 is 13.2 Å². The summed E-state index contributed by atoms with van der Waals surface area (Å²) in [4.78, 5) is 16.3. The minimum atomic E-state index is -3.48. The fourth-order valence-electron chi connectivity index (χ4n) is 3.74. The normalized spacial score (nSPS) is 20.4. The molecule has 8 heteroatoms. The molecule has 2 aliphatic heterocycles. The van der Waals surface area contributed by atoms with Crippen LogP contribution in [-0.4, -0.2) is 57.8 Å². The molecule has 25 heavy (non-hydrogen) atoms. The van der Waals surface area contributed by atoms with E-state index in [1.807, 2.05) is 6.07 Å². The van der Waals surface area contributed by atoms with E-state index < -0.39 is 10.0 Å². The summed E-state index contributed by atoms with van der Waals surface area (Å²) < 4.78 is 22.3. The van der Waals surface area contributed by atoms with Crippen molar-refractivity contribution in [2.75, 3.05) is 43.4 Å². The highest BCUT2D eigenvalue weighted by atomic mass is 32.2. The van der Waals surface area contributed by atoms with Gasteiger partial charge in [-0.3, -0.25) is 0 Å². The SMILES string of the molecule is NS(=O)(=O)C[C@@H]1CCN(C(=O)NCCN2CCCc3ccccc32)C1. The third kappa shape index (κ3) is 4.85. The van der Waals surface area contributed by atoms with E-state index in [0.717, 1.165) is 25.9 Å². The number of urea groups is 1. The van der Waals surface area contributed by atoms with Gasteiger partial charge in [-0.2, -0.15) is 0 Å². The second-order valence-electron chi connectivity index (χ2n) is 6.88. The van der Waals surface area contributed by atoms with E-state index in [-0.39, 0.29) is 17.7 Å². The van der Waals surface area contributed by atoms with Gasteiger partial charge in [0.15, 0.2) is 0 Å². The van der Waals surface area contributed by atoms with Crippen LogP contribution in [0.1, 0.15) is 18.4 Å². The average molecular weight is 366 g/mol. The molecule has 0 bridgehead atoms. The van der Waals surface area contributed by atoms with Crippen molar-refractivity contribution in [3.05, 3.63) is 29.8 Å². The van der Waals surface area contributed by atoms with Gasteiger partial charge in [-0.1, -0.05) is 18.2 Å². The van der Waals surface area contributed by atoms with Gasteiger partial charge in [0, 0.05) is 38.4 Å². The molecule has 1 atom stereocenters. The number of nitrogens with two attached hydrogens (primary N) is 1. The van der Waals surface area contributed by atoms with Crippen LogP contribution < -0.4 is 15.4 Å².